The van der Waals surface area contributed by atoms with Crippen molar-refractivity contribution in [1.82, 2.24) is 5.32 Å². The summed E-state index contributed by atoms with van der Waals surface area (Å²) in [6.07, 6.45) is 9.42. The second kappa shape index (κ2) is 5.34. The lowest BCUT2D eigenvalue weighted by molar-refractivity contribution is -0.0705. The molecule has 3 rings (SSSR count). The average molecular weight is 269 g/mol. The molecule has 0 aromatic carbocycles. The van der Waals surface area contributed by atoms with Gasteiger partial charge in [0.15, 0.2) is 0 Å². The predicted molar refractivity (Wildman–Crippen MR) is 78.2 cm³/mol. The summed E-state index contributed by atoms with van der Waals surface area (Å²) in [5.41, 5.74) is 0.923. The Morgan fingerprint density at radius 1 is 1.33 bits per heavy atom. The van der Waals surface area contributed by atoms with Crippen LogP contribution in [-0.4, -0.2) is 36.3 Å². The zero-order chi connectivity index (χ0) is 12.5. The number of rotatable bonds is 5. The Labute approximate surface area is 116 Å². The fraction of sp³-hybridized carbons (Fsp3) is 1.00. The van der Waals surface area contributed by atoms with Crippen molar-refractivity contribution >= 4 is 11.8 Å². The van der Waals surface area contributed by atoms with E-state index in [-0.39, 0.29) is 5.60 Å². The molecule has 18 heavy (non-hydrogen) atoms. The molecule has 3 aliphatic rings. The number of thioether (sulfide) groups is 1. The topological polar surface area (TPSA) is 21.3 Å². The zero-order valence-electron chi connectivity index (χ0n) is 11.7. The number of hydrogen-bond acceptors (Lipinski definition) is 3. The summed E-state index contributed by atoms with van der Waals surface area (Å²) in [6, 6.07) is 0.715. The summed E-state index contributed by atoms with van der Waals surface area (Å²) < 4.78 is 6.09. The first-order valence-electron chi connectivity index (χ1n) is 7.71. The Bertz CT molecular complexity index is 284. The Hall–Kier alpha value is 0.270. The van der Waals surface area contributed by atoms with Gasteiger partial charge in [0.05, 0.1) is 5.60 Å². The third-order valence-corrected chi connectivity index (χ3v) is 6.29. The first-order chi connectivity index (χ1) is 8.76. The molecule has 0 aromatic rings. The van der Waals surface area contributed by atoms with Gasteiger partial charge in [-0.05, 0) is 49.7 Å². The highest BCUT2D eigenvalue weighted by molar-refractivity contribution is 7.99. The maximum absolute atomic E-state index is 6.09. The highest BCUT2D eigenvalue weighted by Gasteiger charge is 2.44. The lowest BCUT2D eigenvalue weighted by Gasteiger charge is -2.38. The molecular formula is C15H27NOS. The standard InChI is InChI=1S/C15H27NOS/c1-2-4-14(5-6-14)11-16-13-3-8-17-15(10-13)7-9-18-12-15/h13,16H,2-12H2,1H3. The van der Waals surface area contributed by atoms with Crippen LogP contribution in [0, 0.1) is 5.41 Å². The lowest BCUT2D eigenvalue weighted by Crippen LogP contribution is -2.48. The molecule has 2 atom stereocenters. The minimum absolute atomic E-state index is 0.238. The quantitative estimate of drug-likeness (QED) is 0.828. The van der Waals surface area contributed by atoms with E-state index in [4.69, 9.17) is 4.74 Å². The Morgan fingerprint density at radius 3 is 2.89 bits per heavy atom. The summed E-state index contributed by atoms with van der Waals surface area (Å²) in [7, 11) is 0. The van der Waals surface area contributed by atoms with E-state index in [0.29, 0.717) is 11.5 Å². The molecule has 2 nitrogen and oxygen atoms in total. The van der Waals surface area contributed by atoms with Crippen molar-refractivity contribution in [1.29, 1.82) is 0 Å². The molecule has 0 bridgehead atoms. The van der Waals surface area contributed by atoms with Crippen LogP contribution < -0.4 is 5.32 Å². The minimum Gasteiger partial charge on any atom is -0.374 e. The molecule has 0 amide bonds. The van der Waals surface area contributed by atoms with Gasteiger partial charge in [-0.25, -0.2) is 0 Å². The average Bonchev–Trinajstić information content (AvgIpc) is 3.01. The van der Waals surface area contributed by atoms with Crippen molar-refractivity contribution < 1.29 is 4.74 Å². The maximum atomic E-state index is 6.09. The highest BCUT2D eigenvalue weighted by atomic mass is 32.2. The maximum Gasteiger partial charge on any atom is 0.0795 e. The van der Waals surface area contributed by atoms with Crippen LogP contribution in [0.5, 0.6) is 0 Å². The van der Waals surface area contributed by atoms with E-state index >= 15 is 0 Å². The van der Waals surface area contributed by atoms with Crippen molar-refractivity contribution in [2.75, 3.05) is 24.7 Å². The van der Waals surface area contributed by atoms with Crippen molar-refractivity contribution in [3.05, 3.63) is 0 Å². The third-order valence-electron chi connectivity index (χ3n) is 5.06. The normalized spacial score (nSPS) is 38.2. The van der Waals surface area contributed by atoms with Gasteiger partial charge >= 0.3 is 0 Å². The molecule has 0 radical (unpaired) electrons. The molecule has 1 N–H and O–H groups in total. The second-order valence-corrected chi connectivity index (χ2v) is 7.76. The van der Waals surface area contributed by atoms with Crippen LogP contribution in [0.2, 0.25) is 0 Å². The van der Waals surface area contributed by atoms with Crippen LogP contribution >= 0.6 is 11.8 Å². The highest BCUT2D eigenvalue weighted by Crippen LogP contribution is 2.49. The van der Waals surface area contributed by atoms with Gasteiger partial charge in [-0.3, -0.25) is 0 Å². The first kappa shape index (κ1) is 13.3. The number of nitrogens with one attached hydrogen (secondary N) is 1. The van der Waals surface area contributed by atoms with Crippen molar-refractivity contribution in [2.45, 2.75) is 63.5 Å². The summed E-state index contributed by atoms with van der Waals surface area (Å²) in [5.74, 6) is 2.53. The van der Waals surface area contributed by atoms with E-state index in [1.54, 1.807) is 0 Å². The van der Waals surface area contributed by atoms with E-state index in [2.05, 4.69) is 24.0 Å². The van der Waals surface area contributed by atoms with Crippen LogP contribution in [0.4, 0.5) is 0 Å². The second-order valence-electron chi connectivity index (χ2n) is 6.65. The summed E-state index contributed by atoms with van der Waals surface area (Å²) >= 11 is 2.07. The van der Waals surface area contributed by atoms with Gasteiger partial charge in [-0.15, -0.1) is 0 Å². The zero-order valence-corrected chi connectivity index (χ0v) is 12.5. The van der Waals surface area contributed by atoms with Crippen LogP contribution in [0.3, 0.4) is 0 Å². The molecule has 0 aromatic heterocycles. The summed E-state index contributed by atoms with van der Waals surface area (Å²) in [5, 5.41) is 3.87. The lowest BCUT2D eigenvalue weighted by atomic mass is 9.89. The van der Waals surface area contributed by atoms with Gasteiger partial charge in [0, 0.05) is 24.9 Å². The number of ether oxygens (including phenoxy) is 1. The van der Waals surface area contributed by atoms with Gasteiger partial charge in [-0.1, -0.05) is 13.3 Å². The van der Waals surface area contributed by atoms with Gasteiger partial charge in [0.1, 0.15) is 0 Å². The van der Waals surface area contributed by atoms with Gasteiger partial charge in [0.25, 0.3) is 0 Å². The van der Waals surface area contributed by atoms with E-state index < -0.39 is 0 Å². The van der Waals surface area contributed by atoms with Gasteiger partial charge in [-0.2, -0.15) is 11.8 Å². The van der Waals surface area contributed by atoms with Crippen molar-refractivity contribution in [2.24, 2.45) is 5.41 Å². The first-order valence-corrected chi connectivity index (χ1v) is 8.87. The summed E-state index contributed by atoms with van der Waals surface area (Å²) in [4.78, 5) is 0. The summed E-state index contributed by atoms with van der Waals surface area (Å²) in [6.45, 7) is 4.55. The third kappa shape index (κ3) is 2.88. The molecule has 3 heteroatoms. The fourth-order valence-electron chi connectivity index (χ4n) is 3.65. The van der Waals surface area contributed by atoms with Crippen molar-refractivity contribution in [3.63, 3.8) is 0 Å². The minimum atomic E-state index is 0.238. The molecule has 2 heterocycles. The van der Waals surface area contributed by atoms with Crippen molar-refractivity contribution in [3.8, 4) is 0 Å². The van der Waals surface area contributed by atoms with E-state index in [0.717, 1.165) is 6.61 Å². The Morgan fingerprint density at radius 2 is 2.22 bits per heavy atom. The fourth-order valence-corrected chi connectivity index (χ4v) is 5.03. The van der Waals surface area contributed by atoms with Crippen LogP contribution in [-0.2, 0) is 4.74 Å². The van der Waals surface area contributed by atoms with Crippen LogP contribution in [0.25, 0.3) is 0 Å². The Kier molecular flexibility index (Phi) is 3.93. The number of hydrogen-bond donors (Lipinski definition) is 1. The molecule has 2 saturated heterocycles. The van der Waals surface area contributed by atoms with E-state index in [1.165, 1.54) is 63.0 Å². The van der Waals surface area contributed by atoms with Crippen LogP contribution in [0.1, 0.15) is 51.9 Å². The SMILES string of the molecule is CCCC1(CNC2CCOC3(CCSC3)C2)CC1. The molecule has 1 aliphatic carbocycles. The van der Waals surface area contributed by atoms with Gasteiger partial charge in [0.2, 0.25) is 0 Å². The largest absolute Gasteiger partial charge is 0.374 e. The predicted octanol–water partition coefficient (Wildman–Crippen LogP) is 3.21. The molecule has 2 aliphatic heterocycles. The smallest absolute Gasteiger partial charge is 0.0795 e. The van der Waals surface area contributed by atoms with E-state index in [9.17, 15) is 0 Å². The molecule has 1 spiro atoms. The molecule has 104 valence electrons. The molecule has 1 saturated carbocycles. The van der Waals surface area contributed by atoms with Gasteiger partial charge < -0.3 is 10.1 Å². The molecular weight excluding hydrogens is 242 g/mol. The van der Waals surface area contributed by atoms with E-state index in [1.807, 2.05) is 0 Å². The monoisotopic (exact) mass is 269 g/mol. The van der Waals surface area contributed by atoms with Crippen LogP contribution in [0.15, 0.2) is 0 Å². The Balaban J connectivity index is 1.48. The molecule has 2 unspecified atom stereocenters. The molecule has 3 fully saturated rings.